The number of esters is 1. The molecule has 3 heteroatoms. The van der Waals surface area contributed by atoms with Crippen molar-refractivity contribution >= 4 is 11.7 Å². The Morgan fingerprint density at radius 3 is 2.60 bits per heavy atom. The molecule has 1 atom stereocenters. The summed E-state index contributed by atoms with van der Waals surface area (Å²) in [5.41, 5.74) is 2.18. The lowest BCUT2D eigenvalue weighted by Gasteiger charge is -2.27. The Kier molecular flexibility index (Phi) is 4.24. The minimum absolute atomic E-state index is 0.0224. The van der Waals surface area contributed by atoms with Crippen LogP contribution in [-0.4, -0.2) is 18.6 Å². The maximum absolute atomic E-state index is 12.5. The predicted octanol–water partition coefficient (Wildman–Crippen LogP) is 3.85. The summed E-state index contributed by atoms with van der Waals surface area (Å²) < 4.78 is 5.80. The highest BCUT2D eigenvalue weighted by Crippen LogP contribution is 2.33. The van der Waals surface area contributed by atoms with Gasteiger partial charge in [-0.25, -0.2) is 0 Å². The number of anilines is 1. The lowest BCUT2D eigenvalue weighted by Crippen LogP contribution is -2.27. The normalized spacial score (nSPS) is 23.3. The summed E-state index contributed by atoms with van der Waals surface area (Å²) in [6.07, 6.45) is 8.02. The second kappa shape index (κ2) is 6.29. The van der Waals surface area contributed by atoms with Gasteiger partial charge in [-0.3, -0.25) is 4.79 Å². The first-order chi connectivity index (χ1) is 9.84. The molecule has 0 saturated heterocycles. The highest BCUT2D eigenvalue weighted by atomic mass is 16.5. The van der Waals surface area contributed by atoms with Crippen molar-refractivity contribution in [3.63, 3.8) is 0 Å². The summed E-state index contributed by atoms with van der Waals surface area (Å²) in [6, 6.07) is 8.09. The summed E-state index contributed by atoms with van der Waals surface area (Å²) in [7, 11) is 0. The van der Waals surface area contributed by atoms with Gasteiger partial charge in [0.25, 0.3) is 0 Å². The number of fused-ring (bicyclic) bond motifs is 1. The fourth-order valence-corrected chi connectivity index (χ4v) is 3.32. The Labute approximate surface area is 120 Å². The number of para-hydroxylation sites is 1. The molecular formula is C17H23NO2. The highest BCUT2D eigenvalue weighted by Gasteiger charge is 2.29. The Morgan fingerprint density at radius 1 is 1.05 bits per heavy atom. The monoisotopic (exact) mass is 273 g/mol. The van der Waals surface area contributed by atoms with Crippen LogP contribution in [0.2, 0.25) is 0 Å². The quantitative estimate of drug-likeness (QED) is 0.657. The third kappa shape index (κ3) is 2.97. The average molecular weight is 273 g/mol. The number of hydrogen-bond acceptors (Lipinski definition) is 3. The van der Waals surface area contributed by atoms with Crippen LogP contribution in [0.1, 0.15) is 56.4 Å². The van der Waals surface area contributed by atoms with Crippen molar-refractivity contribution < 1.29 is 9.53 Å². The van der Waals surface area contributed by atoms with Crippen LogP contribution in [0.4, 0.5) is 5.69 Å². The van der Waals surface area contributed by atoms with Crippen molar-refractivity contribution in [3.8, 4) is 0 Å². The van der Waals surface area contributed by atoms with E-state index in [2.05, 4.69) is 5.32 Å². The highest BCUT2D eigenvalue weighted by molar-refractivity contribution is 5.81. The van der Waals surface area contributed by atoms with Gasteiger partial charge in [-0.05, 0) is 43.7 Å². The lowest BCUT2D eigenvalue weighted by atomic mass is 9.91. The van der Waals surface area contributed by atoms with Crippen LogP contribution in [0.25, 0.3) is 0 Å². The van der Waals surface area contributed by atoms with Gasteiger partial charge in [0, 0.05) is 12.2 Å². The third-order valence-corrected chi connectivity index (χ3v) is 4.45. The SMILES string of the molecule is O=C(OC1CCCCCC1)C1CCNc2ccccc21. The maximum Gasteiger partial charge on any atom is 0.313 e. The van der Waals surface area contributed by atoms with E-state index < -0.39 is 0 Å². The summed E-state index contributed by atoms with van der Waals surface area (Å²) in [4.78, 5) is 12.5. The molecule has 0 bridgehead atoms. The molecule has 0 spiro atoms. The first-order valence-electron chi connectivity index (χ1n) is 7.88. The van der Waals surface area contributed by atoms with Gasteiger partial charge < -0.3 is 10.1 Å². The molecule has 0 amide bonds. The number of nitrogens with one attached hydrogen (secondary N) is 1. The second-order valence-electron chi connectivity index (χ2n) is 5.91. The minimum Gasteiger partial charge on any atom is -0.462 e. The lowest BCUT2D eigenvalue weighted by molar-refractivity contribution is -0.151. The van der Waals surface area contributed by atoms with E-state index in [1.807, 2.05) is 24.3 Å². The number of carbonyl (C=O) groups excluding carboxylic acids is 1. The molecule has 3 rings (SSSR count). The van der Waals surface area contributed by atoms with Gasteiger partial charge in [-0.1, -0.05) is 31.0 Å². The Morgan fingerprint density at radius 2 is 1.80 bits per heavy atom. The second-order valence-corrected chi connectivity index (χ2v) is 5.91. The Bertz CT molecular complexity index is 464. The third-order valence-electron chi connectivity index (χ3n) is 4.45. The van der Waals surface area contributed by atoms with Crippen LogP contribution >= 0.6 is 0 Å². The van der Waals surface area contributed by atoms with E-state index in [0.29, 0.717) is 0 Å². The number of ether oxygens (including phenoxy) is 1. The van der Waals surface area contributed by atoms with E-state index in [1.165, 1.54) is 25.7 Å². The molecule has 1 N–H and O–H groups in total. The van der Waals surface area contributed by atoms with E-state index in [9.17, 15) is 4.79 Å². The molecule has 3 nitrogen and oxygen atoms in total. The molecule has 1 aromatic rings. The molecule has 2 aliphatic rings. The summed E-state index contributed by atoms with van der Waals surface area (Å²) in [5, 5.41) is 3.35. The van der Waals surface area contributed by atoms with Crippen molar-refractivity contribution in [3.05, 3.63) is 29.8 Å². The van der Waals surface area contributed by atoms with Crippen molar-refractivity contribution in [2.75, 3.05) is 11.9 Å². The topological polar surface area (TPSA) is 38.3 Å². The van der Waals surface area contributed by atoms with E-state index in [0.717, 1.165) is 37.1 Å². The van der Waals surface area contributed by atoms with Crippen LogP contribution in [0.3, 0.4) is 0 Å². The first kappa shape index (κ1) is 13.5. The summed E-state index contributed by atoms with van der Waals surface area (Å²) in [6.45, 7) is 0.849. The van der Waals surface area contributed by atoms with E-state index in [-0.39, 0.29) is 18.0 Å². The molecule has 20 heavy (non-hydrogen) atoms. The largest absolute Gasteiger partial charge is 0.462 e. The molecule has 1 aliphatic heterocycles. The van der Waals surface area contributed by atoms with Crippen molar-refractivity contribution in [1.29, 1.82) is 0 Å². The van der Waals surface area contributed by atoms with E-state index >= 15 is 0 Å². The van der Waals surface area contributed by atoms with Crippen molar-refractivity contribution in [2.24, 2.45) is 0 Å². The first-order valence-corrected chi connectivity index (χ1v) is 7.88. The molecule has 1 aliphatic carbocycles. The maximum atomic E-state index is 12.5. The van der Waals surface area contributed by atoms with Crippen LogP contribution in [-0.2, 0) is 9.53 Å². The average Bonchev–Trinajstić information content (AvgIpc) is 2.75. The van der Waals surface area contributed by atoms with Gasteiger partial charge in [0.1, 0.15) is 6.10 Å². The number of hydrogen-bond donors (Lipinski definition) is 1. The number of rotatable bonds is 2. The van der Waals surface area contributed by atoms with Gasteiger partial charge in [-0.15, -0.1) is 0 Å². The van der Waals surface area contributed by atoms with Crippen molar-refractivity contribution in [1.82, 2.24) is 0 Å². The summed E-state index contributed by atoms with van der Waals surface area (Å²) in [5.74, 6) is -0.110. The molecular weight excluding hydrogens is 250 g/mol. The van der Waals surface area contributed by atoms with Crippen LogP contribution in [0.15, 0.2) is 24.3 Å². The minimum atomic E-state index is -0.0873. The zero-order valence-corrected chi connectivity index (χ0v) is 11.9. The fraction of sp³-hybridized carbons (Fsp3) is 0.588. The fourth-order valence-electron chi connectivity index (χ4n) is 3.32. The molecule has 1 heterocycles. The van der Waals surface area contributed by atoms with Crippen LogP contribution in [0, 0.1) is 0 Å². The standard InChI is InChI=1S/C17H23NO2/c19-17(20-13-7-3-1-2-4-8-13)15-11-12-18-16-10-6-5-9-14(15)16/h5-6,9-10,13,15,18H,1-4,7-8,11-12H2. The number of benzene rings is 1. The van der Waals surface area contributed by atoms with Crippen LogP contribution in [0.5, 0.6) is 0 Å². The molecule has 108 valence electrons. The Hall–Kier alpha value is -1.51. The summed E-state index contributed by atoms with van der Waals surface area (Å²) >= 11 is 0. The van der Waals surface area contributed by atoms with Gasteiger partial charge >= 0.3 is 5.97 Å². The zero-order chi connectivity index (χ0) is 13.8. The van der Waals surface area contributed by atoms with Gasteiger partial charge in [0.2, 0.25) is 0 Å². The van der Waals surface area contributed by atoms with E-state index in [4.69, 9.17) is 4.74 Å². The van der Waals surface area contributed by atoms with E-state index in [1.54, 1.807) is 0 Å². The van der Waals surface area contributed by atoms with Gasteiger partial charge in [0.05, 0.1) is 5.92 Å². The molecule has 1 aromatic carbocycles. The van der Waals surface area contributed by atoms with Crippen LogP contribution < -0.4 is 5.32 Å². The smallest absolute Gasteiger partial charge is 0.313 e. The van der Waals surface area contributed by atoms with Gasteiger partial charge in [0.15, 0.2) is 0 Å². The Balaban J connectivity index is 1.68. The zero-order valence-electron chi connectivity index (χ0n) is 11.9. The van der Waals surface area contributed by atoms with Crippen molar-refractivity contribution in [2.45, 2.75) is 57.0 Å². The van der Waals surface area contributed by atoms with Gasteiger partial charge in [-0.2, -0.15) is 0 Å². The molecule has 1 fully saturated rings. The molecule has 0 radical (unpaired) electrons. The predicted molar refractivity (Wildman–Crippen MR) is 79.9 cm³/mol. The molecule has 1 saturated carbocycles. The molecule has 1 unspecified atom stereocenters. The molecule has 0 aromatic heterocycles. The number of carbonyl (C=O) groups is 1.